The normalized spacial score (nSPS) is 11.6. The number of thiazole rings is 1. The van der Waals surface area contributed by atoms with E-state index in [1.807, 2.05) is 13.8 Å². The van der Waals surface area contributed by atoms with Gasteiger partial charge in [-0.3, -0.25) is 4.72 Å². The monoisotopic (exact) mass is 326 g/mol. The molecule has 21 heavy (non-hydrogen) atoms. The van der Waals surface area contributed by atoms with Crippen molar-refractivity contribution in [3.63, 3.8) is 0 Å². The Balaban J connectivity index is 2.37. The van der Waals surface area contributed by atoms with Crippen LogP contribution < -0.4 is 4.72 Å². The van der Waals surface area contributed by atoms with Crippen LogP contribution in [0.1, 0.15) is 28.6 Å². The fourth-order valence-electron chi connectivity index (χ4n) is 2.00. The number of aromatic nitrogens is 1. The number of nitrogens with one attached hydrogen (secondary N) is 1. The van der Waals surface area contributed by atoms with Crippen molar-refractivity contribution < 1.29 is 13.5 Å². The maximum absolute atomic E-state index is 12.5. The van der Waals surface area contributed by atoms with Gasteiger partial charge in [-0.15, -0.1) is 11.3 Å². The summed E-state index contributed by atoms with van der Waals surface area (Å²) in [5.74, 6) is 0. The highest BCUT2D eigenvalue weighted by atomic mass is 32.2. The topological polar surface area (TPSA) is 79.3 Å². The largest absolute Gasteiger partial charge is 0.392 e. The molecule has 0 fully saturated rings. The highest BCUT2D eigenvalue weighted by Crippen LogP contribution is 2.26. The molecular weight excluding hydrogens is 308 g/mol. The molecule has 2 rings (SSSR count). The van der Waals surface area contributed by atoms with Gasteiger partial charge in [-0.2, -0.15) is 0 Å². The Morgan fingerprint density at radius 2 is 2.05 bits per heavy atom. The van der Waals surface area contributed by atoms with Gasteiger partial charge < -0.3 is 5.11 Å². The first-order valence-electron chi connectivity index (χ1n) is 6.57. The Hall–Kier alpha value is -1.44. The van der Waals surface area contributed by atoms with E-state index in [9.17, 15) is 8.42 Å². The van der Waals surface area contributed by atoms with E-state index in [1.165, 1.54) is 17.4 Å². The smallest absolute Gasteiger partial charge is 0.263 e. The molecule has 7 heteroatoms. The van der Waals surface area contributed by atoms with Crippen molar-refractivity contribution >= 4 is 26.5 Å². The third-order valence-corrected chi connectivity index (χ3v) is 5.71. The van der Waals surface area contributed by atoms with Gasteiger partial charge in [0.1, 0.15) is 0 Å². The lowest BCUT2D eigenvalue weighted by atomic mass is 10.2. The molecule has 2 aromatic rings. The van der Waals surface area contributed by atoms with Gasteiger partial charge >= 0.3 is 0 Å². The second kappa shape index (κ2) is 6.13. The summed E-state index contributed by atoms with van der Waals surface area (Å²) >= 11 is 1.33. The van der Waals surface area contributed by atoms with Crippen LogP contribution in [0.2, 0.25) is 0 Å². The van der Waals surface area contributed by atoms with E-state index in [1.54, 1.807) is 19.1 Å². The third-order valence-electron chi connectivity index (χ3n) is 3.17. The molecule has 0 atom stereocenters. The molecule has 114 valence electrons. The fourth-order valence-corrected chi connectivity index (χ4v) is 4.44. The zero-order valence-electron chi connectivity index (χ0n) is 12.2. The average molecular weight is 326 g/mol. The Kier molecular flexibility index (Phi) is 4.65. The molecule has 0 amide bonds. The van der Waals surface area contributed by atoms with E-state index < -0.39 is 10.0 Å². The van der Waals surface area contributed by atoms with E-state index in [-0.39, 0.29) is 11.5 Å². The predicted molar refractivity (Wildman–Crippen MR) is 84.1 cm³/mol. The van der Waals surface area contributed by atoms with Gasteiger partial charge in [0.25, 0.3) is 10.0 Å². The maximum Gasteiger partial charge on any atom is 0.263 e. The third kappa shape index (κ3) is 3.42. The van der Waals surface area contributed by atoms with Crippen molar-refractivity contribution in [1.82, 2.24) is 4.98 Å². The molecule has 0 spiro atoms. The van der Waals surface area contributed by atoms with Crippen molar-refractivity contribution in [2.24, 2.45) is 0 Å². The molecule has 0 aliphatic heterocycles. The summed E-state index contributed by atoms with van der Waals surface area (Å²) in [4.78, 5) is 5.47. The number of aryl methyl sites for hydroxylation is 3. The minimum Gasteiger partial charge on any atom is -0.392 e. The van der Waals surface area contributed by atoms with Crippen LogP contribution in [0.25, 0.3) is 0 Å². The van der Waals surface area contributed by atoms with Gasteiger partial charge in [-0.05, 0) is 37.5 Å². The number of aliphatic hydroxyl groups is 1. The lowest BCUT2D eigenvalue weighted by Crippen LogP contribution is -2.14. The van der Waals surface area contributed by atoms with Crippen molar-refractivity contribution in [1.29, 1.82) is 0 Å². The van der Waals surface area contributed by atoms with Gasteiger partial charge in [0, 0.05) is 4.88 Å². The summed E-state index contributed by atoms with van der Waals surface area (Å²) in [5, 5.41) is 9.53. The highest BCUT2D eigenvalue weighted by molar-refractivity contribution is 7.93. The number of benzene rings is 1. The first-order chi connectivity index (χ1) is 9.87. The minimum absolute atomic E-state index is 0.167. The zero-order valence-corrected chi connectivity index (χ0v) is 13.8. The Bertz CT molecular complexity index is 752. The average Bonchev–Trinajstić information content (AvgIpc) is 2.78. The van der Waals surface area contributed by atoms with Crippen molar-refractivity contribution in [2.75, 3.05) is 4.72 Å². The second-order valence-electron chi connectivity index (χ2n) is 4.74. The molecule has 0 unspecified atom stereocenters. The molecule has 1 aromatic carbocycles. The summed E-state index contributed by atoms with van der Waals surface area (Å²) in [6.07, 6.45) is 0.767. The number of hydrogen-bond acceptors (Lipinski definition) is 5. The van der Waals surface area contributed by atoms with Gasteiger partial charge in [0.2, 0.25) is 0 Å². The number of sulfonamides is 1. The van der Waals surface area contributed by atoms with Crippen LogP contribution in [0.3, 0.4) is 0 Å². The molecule has 0 aliphatic carbocycles. The quantitative estimate of drug-likeness (QED) is 0.885. The standard InChI is InChI=1S/C14H18N2O3S2/c1-4-12-10(3)20-14(15-12)16-21(18,19)13-7-11(8-17)6-5-9(13)2/h5-7,17H,4,8H2,1-3H3,(H,15,16). The maximum atomic E-state index is 12.5. The Morgan fingerprint density at radius 1 is 1.33 bits per heavy atom. The summed E-state index contributed by atoms with van der Waals surface area (Å²) < 4.78 is 27.5. The molecule has 0 radical (unpaired) electrons. The number of rotatable bonds is 5. The van der Waals surface area contributed by atoms with Gasteiger partial charge in [0.05, 0.1) is 17.2 Å². The first kappa shape index (κ1) is 15.9. The van der Waals surface area contributed by atoms with Gasteiger partial charge in [-0.1, -0.05) is 19.1 Å². The minimum atomic E-state index is -3.70. The fraction of sp³-hybridized carbons (Fsp3) is 0.357. The first-order valence-corrected chi connectivity index (χ1v) is 8.87. The van der Waals surface area contributed by atoms with E-state index in [4.69, 9.17) is 5.11 Å². The molecule has 0 bridgehead atoms. The van der Waals surface area contributed by atoms with Crippen molar-refractivity contribution in [3.05, 3.63) is 39.9 Å². The summed E-state index contributed by atoms with van der Waals surface area (Å²) in [7, 11) is -3.70. The number of anilines is 1. The highest BCUT2D eigenvalue weighted by Gasteiger charge is 2.19. The van der Waals surface area contributed by atoms with Crippen LogP contribution in [0, 0.1) is 13.8 Å². The van der Waals surface area contributed by atoms with Crippen LogP contribution in [0.5, 0.6) is 0 Å². The molecule has 0 saturated heterocycles. The summed E-state index contributed by atoms with van der Waals surface area (Å²) in [6, 6.07) is 4.88. The van der Waals surface area contributed by atoms with Crippen LogP contribution >= 0.6 is 11.3 Å². The van der Waals surface area contributed by atoms with Crippen LogP contribution in [0.15, 0.2) is 23.1 Å². The van der Waals surface area contributed by atoms with Crippen molar-refractivity contribution in [2.45, 2.75) is 38.7 Å². The lowest BCUT2D eigenvalue weighted by Gasteiger charge is -2.09. The Morgan fingerprint density at radius 3 is 2.62 bits per heavy atom. The predicted octanol–water partition coefficient (Wildman–Crippen LogP) is 2.62. The second-order valence-corrected chi connectivity index (χ2v) is 7.59. The SMILES string of the molecule is CCc1nc(NS(=O)(=O)c2cc(CO)ccc2C)sc1C. The molecule has 5 nitrogen and oxygen atoms in total. The summed E-state index contributed by atoms with van der Waals surface area (Å²) in [6.45, 7) is 5.43. The van der Waals surface area contributed by atoms with E-state index in [2.05, 4.69) is 9.71 Å². The molecular formula is C14H18N2O3S2. The lowest BCUT2D eigenvalue weighted by molar-refractivity contribution is 0.281. The van der Waals surface area contributed by atoms with Crippen molar-refractivity contribution in [3.8, 4) is 0 Å². The van der Waals surface area contributed by atoms with Crippen LogP contribution in [0.4, 0.5) is 5.13 Å². The molecule has 1 aromatic heterocycles. The van der Waals surface area contributed by atoms with Gasteiger partial charge in [0.15, 0.2) is 5.13 Å². The molecule has 2 N–H and O–H groups in total. The summed E-state index contributed by atoms with van der Waals surface area (Å²) in [5.41, 5.74) is 2.09. The van der Waals surface area contributed by atoms with Crippen LogP contribution in [-0.2, 0) is 23.1 Å². The Labute approximate surface area is 128 Å². The van der Waals surface area contributed by atoms with Gasteiger partial charge in [-0.25, -0.2) is 13.4 Å². The number of nitrogens with zero attached hydrogens (tertiary/aromatic N) is 1. The zero-order chi connectivity index (χ0) is 15.6. The molecule has 1 heterocycles. The number of aliphatic hydroxyl groups excluding tert-OH is 1. The van der Waals surface area contributed by atoms with E-state index >= 15 is 0 Å². The number of hydrogen-bond donors (Lipinski definition) is 2. The van der Waals surface area contributed by atoms with E-state index in [0.717, 1.165) is 17.0 Å². The van der Waals surface area contributed by atoms with Crippen LogP contribution in [-0.4, -0.2) is 18.5 Å². The molecule has 0 saturated carbocycles. The van der Waals surface area contributed by atoms with E-state index in [0.29, 0.717) is 16.3 Å². The molecule has 0 aliphatic rings.